The third kappa shape index (κ3) is 2.88. The number of anilines is 1. The van der Waals surface area contributed by atoms with E-state index in [1.54, 1.807) is 14.0 Å². The van der Waals surface area contributed by atoms with E-state index in [1.807, 2.05) is 0 Å². The fourth-order valence-corrected chi connectivity index (χ4v) is 3.37. The number of methoxy groups -OCH3 is 1. The minimum atomic E-state index is -3.88. The monoisotopic (exact) mass is 288 g/mol. The zero-order valence-corrected chi connectivity index (χ0v) is 11.6. The van der Waals surface area contributed by atoms with Gasteiger partial charge < -0.3 is 10.5 Å². The highest BCUT2D eigenvalue weighted by Crippen LogP contribution is 2.26. The van der Waals surface area contributed by atoms with Crippen molar-refractivity contribution >= 4 is 15.7 Å². The summed E-state index contributed by atoms with van der Waals surface area (Å²) in [4.78, 5) is -0.406. The van der Waals surface area contributed by atoms with E-state index >= 15 is 0 Å². The molecular formula is C12H17FN2O3S. The van der Waals surface area contributed by atoms with E-state index in [9.17, 15) is 12.8 Å². The van der Waals surface area contributed by atoms with Crippen LogP contribution in [-0.2, 0) is 14.8 Å². The van der Waals surface area contributed by atoms with Crippen molar-refractivity contribution in [3.63, 3.8) is 0 Å². The molecule has 1 aliphatic rings. The van der Waals surface area contributed by atoms with Gasteiger partial charge in [-0.25, -0.2) is 17.5 Å². The predicted molar refractivity (Wildman–Crippen MR) is 69.7 cm³/mol. The molecule has 7 heteroatoms. The van der Waals surface area contributed by atoms with Crippen molar-refractivity contribution in [3.8, 4) is 0 Å². The van der Waals surface area contributed by atoms with Crippen LogP contribution in [0.4, 0.5) is 10.1 Å². The second-order valence-electron chi connectivity index (χ2n) is 4.79. The maximum absolute atomic E-state index is 13.7. The number of sulfonamides is 1. The number of aryl methyl sites for hydroxylation is 1. The molecule has 5 nitrogen and oxygen atoms in total. The van der Waals surface area contributed by atoms with E-state index < -0.39 is 20.7 Å². The van der Waals surface area contributed by atoms with Crippen molar-refractivity contribution < 1.29 is 17.5 Å². The highest BCUT2D eigenvalue weighted by Gasteiger charge is 2.33. The molecule has 2 rings (SSSR count). The van der Waals surface area contributed by atoms with E-state index in [2.05, 4.69) is 4.72 Å². The van der Waals surface area contributed by atoms with E-state index in [0.717, 1.165) is 12.1 Å². The molecular weight excluding hydrogens is 271 g/mol. The molecule has 0 saturated heterocycles. The number of nitrogens with two attached hydrogens (primary N) is 1. The lowest BCUT2D eigenvalue weighted by Crippen LogP contribution is -2.47. The smallest absolute Gasteiger partial charge is 0.243 e. The van der Waals surface area contributed by atoms with Crippen molar-refractivity contribution in [2.75, 3.05) is 12.8 Å². The molecule has 0 radical (unpaired) electrons. The molecule has 3 N–H and O–H groups in total. The van der Waals surface area contributed by atoms with E-state index in [0.29, 0.717) is 18.4 Å². The Bertz CT molecular complexity index is 583. The van der Waals surface area contributed by atoms with Gasteiger partial charge in [-0.3, -0.25) is 0 Å². The zero-order chi connectivity index (χ0) is 14.2. The number of halogens is 1. The summed E-state index contributed by atoms with van der Waals surface area (Å²) >= 11 is 0. The minimum Gasteiger partial charge on any atom is -0.398 e. The Labute approximate surface area is 112 Å². The van der Waals surface area contributed by atoms with Crippen LogP contribution < -0.4 is 10.5 Å². The topological polar surface area (TPSA) is 81.4 Å². The minimum absolute atomic E-state index is 0.0700. The molecule has 0 unspecified atom stereocenters. The Morgan fingerprint density at radius 3 is 2.63 bits per heavy atom. The Balaban J connectivity index is 2.18. The van der Waals surface area contributed by atoms with Gasteiger partial charge in [0.2, 0.25) is 10.0 Å². The fraction of sp³-hybridized carbons (Fsp3) is 0.500. The molecule has 0 bridgehead atoms. The lowest BCUT2D eigenvalue weighted by Gasteiger charge is -2.34. The van der Waals surface area contributed by atoms with E-state index in [4.69, 9.17) is 10.5 Å². The second-order valence-corrected chi connectivity index (χ2v) is 6.47. The number of hydrogen-bond acceptors (Lipinski definition) is 4. The van der Waals surface area contributed by atoms with E-state index in [1.165, 1.54) is 0 Å². The number of ether oxygens (including phenoxy) is 1. The fourth-order valence-electron chi connectivity index (χ4n) is 2.01. The average Bonchev–Trinajstić information content (AvgIpc) is 2.27. The van der Waals surface area contributed by atoms with Gasteiger partial charge in [-0.15, -0.1) is 0 Å². The Kier molecular flexibility index (Phi) is 3.80. The van der Waals surface area contributed by atoms with Gasteiger partial charge in [0.05, 0.1) is 6.10 Å². The summed E-state index contributed by atoms with van der Waals surface area (Å²) in [6, 6.07) is 2.07. The molecule has 1 saturated carbocycles. The van der Waals surface area contributed by atoms with Gasteiger partial charge in [-0.2, -0.15) is 0 Å². The van der Waals surface area contributed by atoms with Gasteiger partial charge in [-0.05, 0) is 37.5 Å². The summed E-state index contributed by atoms with van der Waals surface area (Å²) in [7, 11) is -2.30. The highest BCUT2D eigenvalue weighted by molar-refractivity contribution is 7.89. The molecule has 0 atom stereocenters. The molecule has 0 heterocycles. The molecule has 0 aromatic heterocycles. The van der Waals surface area contributed by atoms with Gasteiger partial charge in [0.15, 0.2) is 0 Å². The maximum atomic E-state index is 13.7. The summed E-state index contributed by atoms with van der Waals surface area (Å²) in [6.07, 6.45) is 1.26. The summed E-state index contributed by atoms with van der Waals surface area (Å²) in [5, 5.41) is 0. The van der Waals surface area contributed by atoms with Gasteiger partial charge >= 0.3 is 0 Å². The first kappa shape index (κ1) is 14.2. The summed E-state index contributed by atoms with van der Waals surface area (Å²) in [5.74, 6) is -0.790. The molecule has 0 spiro atoms. The first-order chi connectivity index (χ1) is 8.83. The van der Waals surface area contributed by atoms with Gasteiger partial charge in [0, 0.05) is 18.8 Å². The summed E-state index contributed by atoms with van der Waals surface area (Å²) in [6.45, 7) is 1.62. The quantitative estimate of drug-likeness (QED) is 0.815. The highest BCUT2D eigenvalue weighted by atomic mass is 32.2. The van der Waals surface area contributed by atoms with Crippen LogP contribution in [0, 0.1) is 12.7 Å². The average molecular weight is 288 g/mol. The Hall–Kier alpha value is -1.18. The molecule has 19 heavy (non-hydrogen) atoms. The largest absolute Gasteiger partial charge is 0.398 e. The SMILES string of the molecule is COC1CC(NS(=O)(=O)c2cc(N)c(C)cc2F)C1. The van der Waals surface area contributed by atoms with Crippen molar-refractivity contribution in [2.45, 2.75) is 36.8 Å². The summed E-state index contributed by atoms with van der Waals surface area (Å²) < 4.78 is 45.4. The van der Waals surface area contributed by atoms with Crippen LogP contribution in [0.5, 0.6) is 0 Å². The van der Waals surface area contributed by atoms with Crippen LogP contribution >= 0.6 is 0 Å². The molecule has 1 fully saturated rings. The molecule has 1 aromatic carbocycles. The van der Waals surface area contributed by atoms with Crippen LogP contribution in [-0.4, -0.2) is 27.7 Å². The van der Waals surface area contributed by atoms with Gasteiger partial charge in [0.1, 0.15) is 10.7 Å². The van der Waals surface area contributed by atoms with Crippen molar-refractivity contribution in [3.05, 3.63) is 23.5 Å². The number of rotatable bonds is 4. The maximum Gasteiger partial charge on any atom is 0.243 e. The van der Waals surface area contributed by atoms with Gasteiger partial charge in [0.25, 0.3) is 0 Å². The predicted octanol–water partition coefficient (Wildman–Crippen LogP) is 1.17. The first-order valence-electron chi connectivity index (χ1n) is 5.94. The van der Waals surface area contributed by atoms with Crippen LogP contribution in [0.1, 0.15) is 18.4 Å². The van der Waals surface area contributed by atoms with E-state index in [-0.39, 0.29) is 17.8 Å². The zero-order valence-electron chi connectivity index (χ0n) is 10.8. The third-order valence-corrected chi connectivity index (χ3v) is 4.90. The normalized spacial score (nSPS) is 23.1. The Morgan fingerprint density at radius 1 is 1.42 bits per heavy atom. The van der Waals surface area contributed by atoms with Crippen LogP contribution in [0.25, 0.3) is 0 Å². The van der Waals surface area contributed by atoms with Gasteiger partial charge in [-0.1, -0.05) is 0 Å². The number of nitrogen functional groups attached to an aromatic ring is 1. The van der Waals surface area contributed by atoms with Crippen LogP contribution in [0.3, 0.4) is 0 Å². The molecule has 1 aliphatic carbocycles. The standard InChI is InChI=1S/C12H17FN2O3S/c1-7-3-10(13)12(6-11(7)14)19(16,17)15-8-4-9(5-8)18-2/h3,6,8-9,15H,4-5,14H2,1-2H3. The molecule has 0 aliphatic heterocycles. The van der Waals surface area contributed by atoms with Crippen LogP contribution in [0.2, 0.25) is 0 Å². The number of nitrogens with one attached hydrogen (secondary N) is 1. The lowest BCUT2D eigenvalue weighted by atomic mass is 9.90. The van der Waals surface area contributed by atoms with Crippen molar-refractivity contribution in [1.82, 2.24) is 4.72 Å². The molecule has 0 amide bonds. The Morgan fingerprint density at radius 2 is 2.05 bits per heavy atom. The van der Waals surface area contributed by atoms with Crippen molar-refractivity contribution in [2.24, 2.45) is 0 Å². The molecule has 106 valence electrons. The molecule has 1 aromatic rings. The first-order valence-corrected chi connectivity index (χ1v) is 7.42. The van der Waals surface area contributed by atoms with Crippen LogP contribution in [0.15, 0.2) is 17.0 Å². The summed E-state index contributed by atoms with van der Waals surface area (Å²) in [5.41, 5.74) is 6.40. The second kappa shape index (κ2) is 5.07. The lowest BCUT2D eigenvalue weighted by molar-refractivity contribution is 0.0236. The van der Waals surface area contributed by atoms with Crippen molar-refractivity contribution in [1.29, 1.82) is 0 Å². The number of hydrogen-bond donors (Lipinski definition) is 2. The number of benzene rings is 1. The third-order valence-electron chi connectivity index (χ3n) is 3.36.